The number of aromatic hydroxyl groups is 1. The molecule has 7 nitrogen and oxygen atoms in total. The lowest BCUT2D eigenvalue weighted by Crippen LogP contribution is -2.19. The Hall–Kier alpha value is -2.70. The van der Waals surface area contributed by atoms with E-state index in [1.165, 1.54) is 30.7 Å². The first-order valence-electron chi connectivity index (χ1n) is 7.55. The topological polar surface area (TPSA) is 102 Å². The number of carbonyl (C=O) groups is 1. The van der Waals surface area contributed by atoms with Crippen LogP contribution in [0.25, 0.3) is 6.08 Å². The fourth-order valence-corrected chi connectivity index (χ4v) is 3.06. The van der Waals surface area contributed by atoms with E-state index in [2.05, 4.69) is 5.16 Å². The van der Waals surface area contributed by atoms with Crippen molar-refractivity contribution >= 4 is 23.4 Å². The minimum atomic E-state index is -0.666. The molecule has 1 aliphatic carbocycles. The summed E-state index contributed by atoms with van der Waals surface area (Å²) in [6.07, 6.45) is 6.62. The van der Waals surface area contributed by atoms with Gasteiger partial charge in [-0.3, -0.25) is 10.1 Å². The number of oxime groups is 1. The molecule has 1 aromatic rings. The van der Waals surface area contributed by atoms with Crippen LogP contribution in [0, 0.1) is 16.0 Å². The summed E-state index contributed by atoms with van der Waals surface area (Å²) < 4.78 is 0. The Bertz CT molecular complexity index is 717. The molecule has 0 saturated heterocycles. The molecule has 120 valence electrons. The van der Waals surface area contributed by atoms with Crippen LogP contribution in [0.2, 0.25) is 0 Å². The van der Waals surface area contributed by atoms with Crippen molar-refractivity contribution in [3.05, 3.63) is 39.4 Å². The van der Waals surface area contributed by atoms with Crippen molar-refractivity contribution in [2.24, 2.45) is 11.1 Å². The molecular formula is C16H16N2O5. The number of benzene rings is 1. The Labute approximate surface area is 132 Å². The maximum Gasteiger partial charge on any atom is 0.367 e. The molecule has 2 aliphatic rings. The van der Waals surface area contributed by atoms with Gasteiger partial charge in [0.1, 0.15) is 0 Å². The standard InChI is InChI=1S/C16H16N2O5/c19-15-11(7-4-8-13(15)18(21)22)9-12-14(17-23-16(12)20)10-5-2-1-3-6-10/h4,7-10,19H,1-3,5-6H2/b12-9-. The van der Waals surface area contributed by atoms with Crippen LogP contribution in [-0.4, -0.2) is 21.7 Å². The first kappa shape index (κ1) is 15.2. The molecule has 0 unspecified atom stereocenters. The van der Waals surface area contributed by atoms with Crippen molar-refractivity contribution in [2.45, 2.75) is 32.1 Å². The number of carbonyl (C=O) groups excluding carboxylic acids is 1. The fraction of sp³-hybridized carbons (Fsp3) is 0.375. The lowest BCUT2D eigenvalue weighted by Gasteiger charge is -2.20. The number of phenolic OH excluding ortho intramolecular Hbond substituents is 1. The highest BCUT2D eigenvalue weighted by atomic mass is 16.7. The van der Waals surface area contributed by atoms with Gasteiger partial charge in [-0.1, -0.05) is 36.6 Å². The van der Waals surface area contributed by atoms with E-state index in [-0.39, 0.29) is 17.1 Å². The Kier molecular flexibility index (Phi) is 4.10. The number of nitro groups is 1. The van der Waals surface area contributed by atoms with E-state index < -0.39 is 22.3 Å². The van der Waals surface area contributed by atoms with Crippen LogP contribution in [0.3, 0.4) is 0 Å². The zero-order chi connectivity index (χ0) is 16.4. The van der Waals surface area contributed by atoms with E-state index in [4.69, 9.17) is 4.84 Å². The average molecular weight is 316 g/mol. The Morgan fingerprint density at radius 3 is 2.74 bits per heavy atom. The molecule has 7 heteroatoms. The molecular weight excluding hydrogens is 300 g/mol. The zero-order valence-electron chi connectivity index (χ0n) is 12.4. The number of hydrogen-bond acceptors (Lipinski definition) is 6. The molecule has 0 atom stereocenters. The summed E-state index contributed by atoms with van der Waals surface area (Å²) in [5.74, 6) is -0.897. The van der Waals surface area contributed by atoms with Crippen LogP contribution in [0.5, 0.6) is 5.75 Å². The Morgan fingerprint density at radius 1 is 1.30 bits per heavy atom. The van der Waals surface area contributed by atoms with E-state index in [1.807, 2.05) is 0 Å². The summed E-state index contributed by atoms with van der Waals surface area (Å²) in [6.45, 7) is 0. The summed E-state index contributed by atoms with van der Waals surface area (Å²) in [4.78, 5) is 27.0. The molecule has 0 amide bonds. The zero-order valence-corrected chi connectivity index (χ0v) is 12.4. The van der Waals surface area contributed by atoms with Gasteiger partial charge in [0.15, 0.2) is 0 Å². The lowest BCUT2D eigenvalue weighted by atomic mass is 9.83. The van der Waals surface area contributed by atoms with Crippen molar-refractivity contribution in [3.63, 3.8) is 0 Å². The number of hydrogen-bond donors (Lipinski definition) is 1. The molecule has 1 heterocycles. The van der Waals surface area contributed by atoms with Gasteiger partial charge in [-0.05, 0) is 18.9 Å². The van der Waals surface area contributed by atoms with E-state index in [0.29, 0.717) is 5.71 Å². The number of nitro benzene ring substituents is 1. The third-order valence-electron chi connectivity index (χ3n) is 4.26. The van der Waals surface area contributed by atoms with Gasteiger partial charge in [0.05, 0.1) is 16.2 Å². The van der Waals surface area contributed by atoms with Gasteiger partial charge in [0, 0.05) is 17.5 Å². The maximum absolute atomic E-state index is 11.9. The molecule has 3 rings (SSSR count). The smallest absolute Gasteiger partial charge is 0.367 e. The molecule has 0 bridgehead atoms. The molecule has 1 aliphatic heterocycles. The second-order valence-corrected chi connectivity index (χ2v) is 5.72. The highest BCUT2D eigenvalue weighted by Gasteiger charge is 2.32. The van der Waals surface area contributed by atoms with Crippen molar-refractivity contribution in [3.8, 4) is 5.75 Å². The van der Waals surface area contributed by atoms with Gasteiger partial charge >= 0.3 is 11.7 Å². The molecule has 0 spiro atoms. The van der Waals surface area contributed by atoms with Crippen molar-refractivity contribution in [1.29, 1.82) is 0 Å². The molecule has 0 aromatic heterocycles. The van der Waals surface area contributed by atoms with E-state index in [0.717, 1.165) is 25.7 Å². The van der Waals surface area contributed by atoms with Gasteiger partial charge in [-0.15, -0.1) is 0 Å². The largest absolute Gasteiger partial charge is 0.502 e. The minimum absolute atomic E-state index is 0.155. The van der Waals surface area contributed by atoms with E-state index >= 15 is 0 Å². The summed E-state index contributed by atoms with van der Waals surface area (Å²) in [5.41, 5.74) is 0.659. The fourth-order valence-electron chi connectivity index (χ4n) is 3.06. The molecule has 1 saturated carbocycles. The number of nitrogens with zero attached hydrogens (tertiary/aromatic N) is 2. The molecule has 1 fully saturated rings. The van der Waals surface area contributed by atoms with Crippen molar-refractivity contribution in [2.75, 3.05) is 0 Å². The van der Waals surface area contributed by atoms with Crippen molar-refractivity contribution in [1.82, 2.24) is 0 Å². The van der Waals surface area contributed by atoms with Crippen LogP contribution >= 0.6 is 0 Å². The Balaban J connectivity index is 1.97. The number of rotatable bonds is 3. The molecule has 23 heavy (non-hydrogen) atoms. The maximum atomic E-state index is 11.9. The molecule has 1 N–H and O–H groups in total. The minimum Gasteiger partial charge on any atom is -0.502 e. The van der Waals surface area contributed by atoms with Crippen LogP contribution < -0.4 is 0 Å². The number of para-hydroxylation sites is 1. The summed E-state index contributed by atoms with van der Waals surface area (Å²) >= 11 is 0. The lowest BCUT2D eigenvalue weighted by molar-refractivity contribution is -0.385. The van der Waals surface area contributed by atoms with Gasteiger partial charge in [0.2, 0.25) is 5.75 Å². The average Bonchev–Trinajstić information content (AvgIpc) is 2.91. The van der Waals surface area contributed by atoms with Crippen LogP contribution in [0.1, 0.15) is 37.7 Å². The summed E-state index contributed by atoms with van der Waals surface area (Å²) in [6, 6.07) is 4.18. The summed E-state index contributed by atoms with van der Waals surface area (Å²) in [5, 5.41) is 24.8. The van der Waals surface area contributed by atoms with Crippen LogP contribution in [-0.2, 0) is 9.63 Å². The van der Waals surface area contributed by atoms with Gasteiger partial charge < -0.3 is 9.94 Å². The second-order valence-electron chi connectivity index (χ2n) is 5.72. The normalized spacial score (nSPS) is 20.4. The van der Waals surface area contributed by atoms with E-state index in [1.54, 1.807) is 0 Å². The van der Waals surface area contributed by atoms with Crippen molar-refractivity contribution < 1.29 is 19.7 Å². The van der Waals surface area contributed by atoms with Crippen LogP contribution in [0.4, 0.5) is 5.69 Å². The SMILES string of the molecule is O=C1ON=C(C2CCCCC2)/C1=C/c1cccc([N+](=O)[O-])c1O. The second kappa shape index (κ2) is 6.20. The summed E-state index contributed by atoms with van der Waals surface area (Å²) in [7, 11) is 0. The third kappa shape index (κ3) is 2.94. The molecule has 1 aromatic carbocycles. The predicted octanol–water partition coefficient (Wildman–Crippen LogP) is 3.18. The first-order valence-corrected chi connectivity index (χ1v) is 7.55. The van der Waals surface area contributed by atoms with Gasteiger partial charge in [0.25, 0.3) is 0 Å². The quantitative estimate of drug-likeness (QED) is 0.399. The monoisotopic (exact) mass is 316 g/mol. The predicted molar refractivity (Wildman–Crippen MR) is 82.8 cm³/mol. The first-order chi connectivity index (χ1) is 11.1. The highest BCUT2D eigenvalue weighted by Crippen LogP contribution is 2.34. The highest BCUT2D eigenvalue weighted by molar-refractivity contribution is 6.26. The molecule has 0 radical (unpaired) electrons. The van der Waals surface area contributed by atoms with E-state index in [9.17, 15) is 20.0 Å². The van der Waals surface area contributed by atoms with Gasteiger partial charge in [-0.2, -0.15) is 0 Å². The number of phenols is 1. The van der Waals surface area contributed by atoms with Crippen LogP contribution in [0.15, 0.2) is 28.9 Å². The third-order valence-corrected chi connectivity index (χ3v) is 4.26. The Morgan fingerprint density at radius 2 is 2.04 bits per heavy atom. The van der Waals surface area contributed by atoms with Gasteiger partial charge in [-0.25, -0.2) is 4.79 Å².